The van der Waals surface area contributed by atoms with Gasteiger partial charge in [0, 0.05) is 4.88 Å². The van der Waals surface area contributed by atoms with Crippen LogP contribution in [0.1, 0.15) is 0 Å². The lowest BCUT2D eigenvalue weighted by Crippen LogP contribution is -2.07. The second kappa shape index (κ2) is 3.53. The summed E-state index contributed by atoms with van der Waals surface area (Å²) in [7, 11) is 0. The number of aromatic amines is 1. The Kier molecular flexibility index (Phi) is 2.04. The number of hydrogen-bond acceptors (Lipinski definition) is 4. The lowest BCUT2D eigenvalue weighted by Gasteiger charge is -1.93. The second-order valence-corrected chi connectivity index (χ2v) is 4.37. The van der Waals surface area contributed by atoms with Crippen molar-refractivity contribution in [1.82, 2.24) is 15.4 Å². The van der Waals surface area contributed by atoms with Crippen LogP contribution in [0.4, 0.5) is 0 Å². The molecule has 1 N–H and O–H groups in total. The Bertz CT molecular complexity index is 687. The highest BCUT2D eigenvalue weighted by Crippen LogP contribution is 2.29. The maximum absolute atomic E-state index is 11.5. The van der Waals surface area contributed by atoms with Crippen molar-refractivity contribution in [2.45, 2.75) is 0 Å². The summed E-state index contributed by atoms with van der Waals surface area (Å²) in [5.41, 5.74) is 0.897. The van der Waals surface area contributed by atoms with Gasteiger partial charge in [0.2, 0.25) is 0 Å². The predicted molar refractivity (Wildman–Crippen MR) is 63.5 cm³/mol. The van der Waals surface area contributed by atoms with Gasteiger partial charge >= 0.3 is 0 Å². The highest BCUT2D eigenvalue weighted by atomic mass is 32.1. The van der Waals surface area contributed by atoms with Crippen LogP contribution in [-0.2, 0) is 0 Å². The van der Waals surface area contributed by atoms with Crippen molar-refractivity contribution in [1.29, 1.82) is 0 Å². The molecule has 0 amide bonds. The molecule has 2 heterocycles. The quantitative estimate of drug-likeness (QED) is 0.694. The molecule has 2 aromatic heterocycles. The Morgan fingerprint density at radius 1 is 1.19 bits per heavy atom. The van der Waals surface area contributed by atoms with Crippen LogP contribution in [0.25, 0.3) is 20.7 Å². The minimum atomic E-state index is -0.191. The highest BCUT2D eigenvalue weighted by Gasteiger charge is 2.07. The topological polar surface area (TPSA) is 58.6 Å². The summed E-state index contributed by atoms with van der Waals surface area (Å²) in [4.78, 5) is 13.2. The van der Waals surface area contributed by atoms with Gasteiger partial charge in [-0.15, -0.1) is 16.4 Å². The standard InChI is InChI=1S/C11H7N3OS/c15-10-8-6-9(7-4-2-1-3-5-7)16-11(8)13-14-12-10/h1-6H,(H,12,13,15). The summed E-state index contributed by atoms with van der Waals surface area (Å²) < 4.78 is 0. The highest BCUT2D eigenvalue weighted by molar-refractivity contribution is 7.21. The van der Waals surface area contributed by atoms with E-state index in [9.17, 15) is 4.79 Å². The molecule has 0 aliphatic carbocycles. The van der Waals surface area contributed by atoms with Gasteiger partial charge in [0.25, 0.3) is 5.56 Å². The van der Waals surface area contributed by atoms with E-state index in [1.165, 1.54) is 11.3 Å². The van der Waals surface area contributed by atoms with Crippen molar-refractivity contribution in [3.05, 3.63) is 46.8 Å². The number of hydrogen-bond donors (Lipinski definition) is 1. The SMILES string of the molecule is O=c1[nH]nnc2sc(-c3ccccc3)cc12. The third-order valence-corrected chi connectivity index (χ3v) is 3.38. The number of rotatable bonds is 1. The molecule has 0 aliphatic rings. The first-order valence-corrected chi connectivity index (χ1v) is 5.56. The Morgan fingerprint density at radius 3 is 2.75 bits per heavy atom. The van der Waals surface area contributed by atoms with Crippen molar-refractivity contribution < 1.29 is 0 Å². The van der Waals surface area contributed by atoms with Gasteiger partial charge in [-0.1, -0.05) is 35.5 Å². The van der Waals surface area contributed by atoms with Crippen LogP contribution in [0.3, 0.4) is 0 Å². The average molecular weight is 229 g/mol. The van der Waals surface area contributed by atoms with E-state index in [0.29, 0.717) is 10.2 Å². The lowest BCUT2D eigenvalue weighted by atomic mass is 10.2. The molecule has 0 saturated heterocycles. The Balaban J connectivity index is 2.28. The average Bonchev–Trinajstić information content (AvgIpc) is 2.76. The van der Waals surface area contributed by atoms with Crippen LogP contribution < -0.4 is 5.56 Å². The molecule has 0 bridgehead atoms. The third kappa shape index (κ3) is 1.42. The molecule has 5 heteroatoms. The Morgan fingerprint density at radius 2 is 2.00 bits per heavy atom. The molecule has 3 aromatic rings. The van der Waals surface area contributed by atoms with Crippen molar-refractivity contribution >= 4 is 21.6 Å². The molecule has 0 aliphatic heterocycles. The Hall–Kier alpha value is -2.01. The van der Waals surface area contributed by atoms with Gasteiger partial charge in [0.15, 0.2) is 4.83 Å². The number of aromatic nitrogens is 3. The van der Waals surface area contributed by atoms with Gasteiger partial charge < -0.3 is 0 Å². The fraction of sp³-hybridized carbons (Fsp3) is 0. The van der Waals surface area contributed by atoms with Crippen molar-refractivity contribution in [3.63, 3.8) is 0 Å². The van der Waals surface area contributed by atoms with Crippen LogP contribution >= 0.6 is 11.3 Å². The number of H-pyrrole nitrogens is 1. The molecule has 0 radical (unpaired) electrons. The van der Waals surface area contributed by atoms with E-state index in [1.54, 1.807) is 0 Å². The van der Waals surface area contributed by atoms with E-state index in [0.717, 1.165) is 10.4 Å². The van der Waals surface area contributed by atoms with Crippen LogP contribution in [-0.4, -0.2) is 15.4 Å². The fourth-order valence-corrected chi connectivity index (χ4v) is 2.52. The van der Waals surface area contributed by atoms with E-state index in [-0.39, 0.29) is 5.56 Å². The number of thiophene rings is 1. The largest absolute Gasteiger partial charge is 0.275 e. The number of fused-ring (bicyclic) bond motifs is 1. The third-order valence-electron chi connectivity index (χ3n) is 2.31. The maximum atomic E-state index is 11.5. The van der Waals surface area contributed by atoms with Gasteiger partial charge in [-0.2, -0.15) is 0 Å². The molecule has 78 valence electrons. The van der Waals surface area contributed by atoms with E-state index in [4.69, 9.17) is 0 Å². The van der Waals surface area contributed by atoms with E-state index >= 15 is 0 Å². The molecule has 1 aromatic carbocycles. The van der Waals surface area contributed by atoms with Crippen molar-refractivity contribution in [2.24, 2.45) is 0 Å². The van der Waals surface area contributed by atoms with E-state index < -0.39 is 0 Å². The first-order valence-electron chi connectivity index (χ1n) is 4.75. The lowest BCUT2D eigenvalue weighted by molar-refractivity contribution is 0.877. The van der Waals surface area contributed by atoms with Gasteiger partial charge in [-0.3, -0.25) is 4.79 Å². The summed E-state index contributed by atoms with van der Waals surface area (Å²) in [5, 5.41) is 10.4. The summed E-state index contributed by atoms with van der Waals surface area (Å²) in [6, 6.07) is 11.8. The van der Waals surface area contributed by atoms with Crippen molar-refractivity contribution in [2.75, 3.05) is 0 Å². The fourth-order valence-electron chi connectivity index (χ4n) is 1.54. The van der Waals surface area contributed by atoms with Gasteiger partial charge in [-0.05, 0) is 11.6 Å². The predicted octanol–water partition coefficient (Wildman–Crippen LogP) is 2.05. The molecular weight excluding hydrogens is 222 g/mol. The molecule has 0 spiro atoms. The molecule has 0 fully saturated rings. The van der Waals surface area contributed by atoms with Crippen LogP contribution in [0.5, 0.6) is 0 Å². The zero-order valence-corrected chi connectivity index (χ0v) is 8.99. The first kappa shape index (κ1) is 9.23. The maximum Gasteiger partial charge on any atom is 0.275 e. The molecule has 4 nitrogen and oxygen atoms in total. The Labute approximate surface area is 94.6 Å². The summed E-state index contributed by atoms with van der Waals surface area (Å²) in [6.07, 6.45) is 0. The van der Waals surface area contributed by atoms with Crippen LogP contribution in [0, 0.1) is 0 Å². The first-order chi connectivity index (χ1) is 7.84. The second-order valence-electron chi connectivity index (χ2n) is 3.34. The summed E-state index contributed by atoms with van der Waals surface area (Å²) in [5.74, 6) is 0. The van der Waals surface area contributed by atoms with Gasteiger partial charge in [0.05, 0.1) is 5.39 Å². The molecular formula is C11H7N3OS. The zero-order chi connectivity index (χ0) is 11.0. The van der Waals surface area contributed by atoms with E-state index in [2.05, 4.69) is 15.4 Å². The summed E-state index contributed by atoms with van der Waals surface area (Å²) in [6.45, 7) is 0. The van der Waals surface area contributed by atoms with Gasteiger partial charge in [-0.25, -0.2) is 5.10 Å². The monoisotopic (exact) mass is 229 g/mol. The molecule has 0 unspecified atom stereocenters. The number of benzene rings is 1. The number of nitrogens with one attached hydrogen (secondary N) is 1. The van der Waals surface area contributed by atoms with Crippen LogP contribution in [0.15, 0.2) is 41.2 Å². The smallest absolute Gasteiger partial charge is 0.267 e. The summed E-state index contributed by atoms with van der Waals surface area (Å²) >= 11 is 1.47. The zero-order valence-electron chi connectivity index (χ0n) is 8.18. The van der Waals surface area contributed by atoms with Crippen molar-refractivity contribution in [3.8, 4) is 10.4 Å². The minimum absolute atomic E-state index is 0.191. The minimum Gasteiger partial charge on any atom is -0.267 e. The number of nitrogens with zero attached hydrogens (tertiary/aromatic N) is 2. The molecule has 16 heavy (non-hydrogen) atoms. The molecule has 3 rings (SSSR count). The molecule has 0 atom stereocenters. The molecule has 0 saturated carbocycles. The van der Waals surface area contributed by atoms with E-state index in [1.807, 2.05) is 36.4 Å². The van der Waals surface area contributed by atoms with Crippen LogP contribution in [0.2, 0.25) is 0 Å². The van der Waals surface area contributed by atoms with Gasteiger partial charge in [0.1, 0.15) is 0 Å². The normalized spacial score (nSPS) is 10.8.